The number of rotatable bonds is 7. The summed E-state index contributed by atoms with van der Waals surface area (Å²) in [4.78, 5) is 18.2. The summed E-state index contributed by atoms with van der Waals surface area (Å²) in [6.45, 7) is 7.93. The van der Waals surface area contributed by atoms with Gasteiger partial charge in [-0.3, -0.25) is 9.36 Å². The summed E-state index contributed by atoms with van der Waals surface area (Å²) in [5, 5.41) is 0.583. The lowest BCUT2D eigenvalue weighted by Crippen LogP contribution is -3.11. The lowest BCUT2D eigenvalue weighted by Gasteiger charge is -2.30. The number of likely N-dealkylation sites (tertiary alicyclic amines) is 1. The Morgan fingerprint density at radius 1 is 1.06 bits per heavy atom. The molecule has 0 saturated carbocycles. The highest BCUT2D eigenvalue weighted by atomic mass is 32.1. The number of piperidine rings is 1. The largest absolute Gasteiger partial charge is 0.490 e. The second-order valence-electron chi connectivity index (χ2n) is 7.96. The van der Waals surface area contributed by atoms with Gasteiger partial charge >= 0.3 is 0 Å². The van der Waals surface area contributed by atoms with E-state index < -0.39 is 0 Å². The van der Waals surface area contributed by atoms with Crippen molar-refractivity contribution in [1.82, 2.24) is 9.55 Å². The number of hydrogen-bond acceptors (Lipinski definition) is 4. The van der Waals surface area contributed by atoms with Crippen molar-refractivity contribution in [2.75, 3.05) is 26.3 Å². The molecule has 1 aliphatic rings. The third-order valence-corrected chi connectivity index (χ3v) is 6.22. The van der Waals surface area contributed by atoms with E-state index in [2.05, 4.69) is 29.2 Å². The fraction of sp³-hybridized carbons (Fsp3) is 0.417. The first-order valence-corrected chi connectivity index (χ1v) is 11.5. The Morgan fingerprint density at radius 2 is 1.71 bits per heavy atom. The van der Waals surface area contributed by atoms with Crippen LogP contribution in [0.1, 0.15) is 38.3 Å². The summed E-state index contributed by atoms with van der Waals surface area (Å²) in [7, 11) is 0. The van der Waals surface area contributed by atoms with E-state index in [0.717, 1.165) is 32.5 Å². The van der Waals surface area contributed by atoms with Crippen molar-refractivity contribution in [3.63, 3.8) is 0 Å². The number of H-pyrrole nitrogens is 1. The van der Waals surface area contributed by atoms with Crippen molar-refractivity contribution in [3.8, 4) is 11.5 Å². The first-order chi connectivity index (χ1) is 15.1. The molecule has 0 unspecified atom stereocenters. The van der Waals surface area contributed by atoms with Crippen LogP contribution in [0.3, 0.4) is 0 Å². The van der Waals surface area contributed by atoms with Crippen LogP contribution in [0.5, 0.6) is 11.5 Å². The quantitative estimate of drug-likeness (QED) is 0.554. The molecule has 1 aromatic heterocycles. The molecule has 6 nitrogen and oxygen atoms in total. The van der Waals surface area contributed by atoms with E-state index in [1.54, 1.807) is 15.5 Å². The molecular weight excluding hydrogens is 410 g/mol. The molecule has 0 bridgehead atoms. The number of fused-ring (bicyclic) bond motifs is 1. The van der Waals surface area contributed by atoms with Gasteiger partial charge in [0.1, 0.15) is 6.54 Å². The molecule has 1 aliphatic heterocycles. The van der Waals surface area contributed by atoms with Gasteiger partial charge in [0.15, 0.2) is 16.3 Å². The van der Waals surface area contributed by atoms with Crippen LogP contribution in [-0.2, 0) is 6.54 Å². The van der Waals surface area contributed by atoms with Gasteiger partial charge in [0.2, 0.25) is 0 Å². The van der Waals surface area contributed by atoms with Crippen LogP contribution in [0.15, 0.2) is 47.3 Å². The molecular formula is C24H30N3O3S+. The lowest BCUT2D eigenvalue weighted by atomic mass is 10.0. The van der Waals surface area contributed by atoms with Crippen molar-refractivity contribution >= 4 is 23.1 Å². The zero-order chi connectivity index (χ0) is 21.8. The van der Waals surface area contributed by atoms with Gasteiger partial charge < -0.3 is 19.4 Å². The van der Waals surface area contributed by atoms with Crippen molar-refractivity contribution in [2.45, 2.75) is 39.3 Å². The number of ether oxygens (including phenoxy) is 2. The maximum absolute atomic E-state index is 13.4. The Labute approximate surface area is 187 Å². The Bertz CT molecular complexity index is 1150. The second-order valence-corrected chi connectivity index (χ2v) is 8.35. The van der Waals surface area contributed by atoms with Crippen molar-refractivity contribution in [1.29, 1.82) is 0 Å². The maximum Gasteiger partial charge on any atom is 0.262 e. The highest BCUT2D eigenvalue weighted by molar-refractivity contribution is 7.71. The minimum absolute atomic E-state index is 0.0562. The maximum atomic E-state index is 13.4. The summed E-state index contributed by atoms with van der Waals surface area (Å²) < 4.78 is 13.7. The predicted octanol–water partition coefficient (Wildman–Crippen LogP) is 3.28. The van der Waals surface area contributed by atoms with Gasteiger partial charge in [0.25, 0.3) is 5.56 Å². The molecule has 4 rings (SSSR count). The monoisotopic (exact) mass is 440 g/mol. The SMILES string of the molecule is CCOc1cc2[nH]c(=S)n(C3CC[NH+](Cc4ccccc4)CC3)c(=O)c2cc1OCC. The van der Waals surface area contributed by atoms with E-state index >= 15 is 0 Å². The molecule has 0 atom stereocenters. The van der Waals surface area contributed by atoms with Gasteiger partial charge in [-0.2, -0.15) is 0 Å². The van der Waals surface area contributed by atoms with E-state index in [9.17, 15) is 4.79 Å². The molecule has 2 N–H and O–H groups in total. The van der Waals surface area contributed by atoms with Crippen LogP contribution >= 0.6 is 12.2 Å². The summed E-state index contributed by atoms with van der Waals surface area (Å²) in [6.07, 6.45) is 1.86. The third kappa shape index (κ3) is 4.67. The smallest absolute Gasteiger partial charge is 0.262 e. The van der Waals surface area contributed by atoms with Crippen LogP contribution in [0.4, 0.5) is 0 Å². The highest BCUT2D eigenvalue weighted by Gasteiger charge is 2.26. The van der Waals surface area contributed by atoms with Crippen molar-refractivity contribution in [2.24, 2.45) is 0 Å². The molecule has 2 aromatic carbocycles. The van der Waals surface area contributed by atoms with Gasteiger partial charge in [0.05, 0.1) is 43.2 Å². The number of nitrogens with one attached hydrogen (secondary N) is 2. The molecule has 0 aliphatic carbocycles. The van der Waals surface area contributed by atoms with E-state index in [1.165, 1.54) is 5.56 Å². The standard InChI is InChI=1S/C24H29N3O3S/c1-3-29-21-14-19-20(15-22(21)30-4-2)25-24(31)27(23(19)28)18-10-12-26(13-11-18)16-17-8-6-5-7-9-17/h5-9,14-15,18H,3-4,10-13,16H2,1-2H3,(H,25,31)/p+1. The van der Waals surface area contributed by atoms with Crippen LogP contribution in [0, 0.1) is 4.77 Å². The van der Waals surface area contributed by atoms with E-state index in [-0.39, 0.29) is 11.6 Å². The van der Waals surface area contributed by atoms with E-state index in [1.807, 2.05) is 26.0 Å². The lowest BCUT2D eigenvalue weighted by molar-refractivity contribution is -0.919. The zero-order valence-corrected chi connectivity index (χ0v) is 19.0. The molecule has 0 spiro atoms. The number of hydrogen-bond donors (Lipinski definition) is 2. The normalized spacial score (nSPS) is 18.8. The van der Waals surface area contributed by atoms with Gasteiger partial charge in [-0.1, -0.05) is 30.3 Å². The molecule has 1 fully saturated rings. The average Bonchev–Trinajstić information content (AvgIpc) is 2.77. The van der Waals surface area contributed by atoms with E-state index in [4.69, 9.17) is 21.7 Å². The summed E-state index contributed by atoms with van der Waals surface area (Å²) in [5.74, 6) is 1.21. The van der Waals surface area contributed by atoms with Gasteiger partial charge in [0, 0.05) is 24.5 Å². The number of benzene rings is 2. The molecule has 7 heteroatoms. The molecule has 164 valence electrons. The molecule has 3 aromatic rings. The fourth-order valence-corrected chi connectivity index (χ4v) is 4.78. The third-order valence-electron chi connectivity index (χ3n) is 5.92. The van der Waals surface area contributed by atoms with Gasteiger partial charge in [-0.05, 0) is 32.1 Å². The van der Waals surface area contributed by atoms with Crippen LogP contribution < -0.4 is 19.9 Å². The topological polar surface area (TPSA) is 60.7 Å². The molecule has 1 saturated heterocycles. The molecule has 0 radical (unpaired) electrons. The van der Waals surface area contributed by atoms with Gasteiger partial charge in [-0.25, -0.2) is 0 Å². The second kappa shape index (κ2) is 9.66. The number of nitrogens with zero attached hydrogens (tertiary/aromatic N) is 1. The minimum atomic E-state index is -0.0562. The summed E-state index contributed by atoms with van der Waals surface area (Å²) in [5.41, 5.74) is 1.98. The molecule has 2 heterocycles. The summed E-state index contributed by atoms with van der Waals surface area (Å²) >= 11 is 5.60. The summed E-state index contributed by atoms with van der Waals surface area (Å²) in [6, 6.07) is 14.3. The Balaban J connectivity index is 1.60. The van der Waals surface area contributed by atoms with Crippen molar-refractivity contribution in [3.05, 3.63) is 63.2 Å². The Hall–Kier alpha value is -2.64. The van der Waals surface area contributed by atoms with Crippen LogP contribution in [0.2, 0.25) is 0 Å². The Kier molecular flexibility index (Phi) is 6.73. The molecule has 0 amide bonds. The van der Waals surface area contributed by atoms with Crippen molar-refractivity contribution < 1.29 is 14.4 Å². The van der Waals surface area contributed by atoms with E-state index in [0.29, 0.717) is 40.4 Å². The predicted molar refractivity (Wildman–Crippen MR) is 125 cm³/mol. The van der Waals surface area contributed by atoms with Crippen LogP contribution in [0.25, 0.3) is 10.9 Å². The average molecular weight is 441 g/mol. The fourth-order valence-electron chi connectivity index (χ4n) is 4.44. The Morgan fingerprint density at radius 3 is 2.35 bits per heavy atom. The number of quaternary nitrogens is 1. The highest BCUT2D eigenvalue weighted by Crippen LogP contribution is 2.31. The number of aromatic amines is 1. The van der Waals surface area contributed by atoms with Gasteiger partial charge in [-0.15, -0.1) is 0 Å². The zero-order valence-electron chi connectivity index (χ0n) is 18.1. The molecule has 31 heavy (non-hydrogen) atoms. The minimum Gasteiger partial charge on any atom is -0.490 e. The first-order valence-electron chi connectivity index (χ1n) is 11.1. The van der Waals surface area contributed by atoms with Crippen LogP contribution in [-0.4, -0.2) is 35.9 Å². The number of aromatic nitrogens is 2. The first kappa shape index (κ1) is 21.6.